The summed E-state index contributed by atoms with van der Waals surface area (Å²) in [6.45, 7) is 2.92. The molecule has 0 unspecified atom stereocenters. The fraction of sp³-hybridized carbons (Fsp3) is 0.200. The Morgan fingerprint density at radius 2 is 1.92 bits per heavy atom. The first kappa shape index (κ1) is 18.6. The number of rotatable bonds is 6. The minimum atomic E-state index is -0.0436. The lowest BCUT2D eigenvalue weighted by atomic mass is 10.2. The summed E-state index contributed by atoms with van der Waals surface area (Å²) >= 11 is 7.79. The first-order chi connectivity index (χ1) is 12.5. The van der Waals surface area contributed by atoms with Crippen LogP contribution in [0, 0.1) is 6.92 Å². The third-order valence-electron chi connectivity index (χ3n) is 3.84. The number of aryl methyl sites for hydroxylation is 1. The maximum Gasteiger partial charge on any atom is 0.238 e. The fourth-order valence-electron chi connectivity index (χ4n) is 2.55. The molecule has 0 saturated heterocycles. The molecule has 4 nitrogen and oxygen atoms in total. The van der Waals surface area contributed by atoms with Crippen molar-refractivity contribution in [2.45, 2.75) is 13.5 Å². The van der Waals surface area contributed by atoms with Crippen LogP contribution in [0.5, 0.6) is 0 Å². The summed E-state index contributed by atoms with van der Waals surface area (Å²) < 4.78 is 0. The summed E-state index contributed by atoms with van der Waals surface area (Å²) in [5, 5.41) is 6.50. The topological polar surface area (TPSA) is 45.2 Å². The van der Waals surface area contributed by atoms with Gasteiger partial charge in [-0.3, -0.25) is 9.69 Å². The molecular weight excluding hydrogens is 366 g/mol. The third kappa shape index (κ3) is 4.91. The smallest absolute Gasteiger partial charge is 0.238 e. The molecule has 3 rings (SSSR count). The van der Waals surface area contributed by atoms with Gasteiger partial charge in [-0.1, -0.05) is 47.5 Å². The number of hydrogen-bond acceptors (Lipinski definition) is 4. The van der Waals surface area contributed by atoms with E-state index in [0.717, 1.165) is 27.5 Å². The molecule has 1 aromatic heterocycles. The quantitative estimate of drug-likeness (QED) is 0.660. The number of carbonyl (C=O) groups excluding carboxylic acids is 1. The van der Waals surface area contributed by atoms with E-state index in [0.29, 0.717) is 18.1 Å². The van der Waals surface area contributed by atoms with Crippen molar-refractivity contribution in [1.29, 1.82) is 0 Å². The minimum Gasteiger partial charge on any atom is -0.325 e. The molecule has 0 saturated carbocycles. The Kier molecular flexibility index (Phi) is 6.04. The zero-order valence-electron chi connectivity index (χ0n) is 14.7. The van der Waals surface area contributed by atoms with Gasteiger partial charge < -0.3 is 5.32 Å². The first-order valence-corrected chi connectivity index (χ1v) is 9.51. The van der Waals surface area contributed by atoms with Crippen molar-refractivity contribution in [2.75, 3.05) is 18.9 Å². The van der Waals surface area contributed by atoms with Crippen LogP contribution in [0.15, 0.2) is 53.9 Å². The Bertz CT molecular complexity index is 892. The zero-order valence-corrected chi connectivity index (χ0v) is 16.3. The van der Waals surface area contributed by atoms with Gasteiger partial charge in [0, 0.05) is 23.2 Å². The molecule has 0 radical (unpaired) electrons. The number of nitrogens with one attached hydrogen (secondary N) is 1. The van der Waals surface area contributed by atoms with Gasteiger partial charge in [-0.05, 0) is 32.2 Å². The monoisotopic (exact) mass is 385 g/mol. The van der Waals surface area contributed by atoms with Crippen LogP contribution in [-0.4, -0.2) is 29.4 Å². The molecule has 0 aliphatic rings. The second-order valence-electron chi connectivity index (χ2n) is 6.21. The van der Waals surface area contributed by atoms with Crippen molar-refractivity contribution in [3.05, 3.63) is 70.2 Å². The third-order valence-corrected chi connectivity index (χ3v) is 5.09. The average Bonchev–Trinajstić information content (AvgIpc) is 3.05. The van der Waals surface area contributed by atoms with E-state index in [-0.39, 0.29) is 5.91 Å². The van der Waals surface area contributed by atoms with Crippen LogP contribution >= 0.6 is 22.9 Å². The van der Waals surface area contributed by atoms with Crippen molar-refractivity contribution in [3.63, 3.8) is 0 Å². The zero-order chi connectivity index (χ0) is 18.5. The van der Waals surface area contributed by atoms with Gasteiger partial charge in [-0.2, -0.15) is 0 Å². The van der Waals surface area contributed by atoms with Crippen LogP contribution in [0.2, 0.25) is 5.02 Å². The molecule has 0 spiro atoms. The van der Waals surface area contributed by atoms with Gasteiger partial charge >= 0.3 is 0 Å². The lowest BCUT2D eigenvalue weighted by Gasteiger charge is -2.15. The van der Waals surface area contributed by atoms with Crippen LogP contribution in [0.4, 0.5) is 5.69 Å². The summed E-state index contributed by atoms with van der Waals surface area (Å²) in [5.41, 5.74) is 3.84. The largest absolute Gasteiger partial charge is 0.325 e. The molecule has 0 aliphatic heterocycles. The average molecular weight is 386 g/mol. The number of amides is 1. The molecule has 0 fully saturated rings. The number of carbonyl (C=O) groups is 1. The summed E-state index contributed by atoms with van der Waals surface area (Å²) in [4.78, 5) is 18.8. The SMILES string of the molecule is Cc1ccc(NC(=O)CN(C)Cc2csc(-c3ccccc3Cl)n2)cc1. The number of anilines is 1. The molecule has 1 amide bonds. The van der Waals surface area contributed by atoms with Crippen LogP contribution in [-0.2, 0) is 11.3 Å². The second kappa shape index (κ2) is 8.45. The molecular formula is C20H20ClN3OS. The number of thiazole rings is 1. The molecule has 6 heteroatoms. The highest BCUT2D eigenvalue weighted by Crippen LogP contribution is 2.30. The molecule has 26 heavy (non-hydrogen) atoms. The summed E-state index contributed by atoms with van der Waals surface area (Å²) in [6.07, 6.45) is 0. The molecule has 0 aliphatic carbocycles. The predicted octanol–water partition coefficient (Wildman–Crippen LogP) is 4.84. The normalized spacial score (nSPS) is 10.9. The van der Waals surface area contributed by atoms with E-state index in [2.05, 4.69) is 10.3 Å². The molecule has 0 atom stereocenters. The van der Waals surface area contributed by atoms with Crippen LogP contribution in [0.1, 0.15) is 11.3 Å². The predicted molar refractivity (Wildman–Crippen MR) is 109 cm³/mol. The van der Waals surface area contributed by atoms with Crippen molar-refractivity contribution in [3.8, 4) is 10.6 Å². The van der Waals surface area contributed by atoms with Gasteiger partial charge in [-0.15, -0.1) is 11.3 Å². The second-order valence-corrected chi connectivity index (χ2v) is 7.48. The van der Waals surface area contributed by atoms with E-state index in [1.54, 1.807) is 11.3 Å². The standard InChI is InChI=1S/C20H20ClN3OS/c1-14-7-9-15(10-8-14)22-19(25)12-24(2)11-16-13-26-20(23-16)17-5-3-4-6-18(17)21/h3-10,13H,11-12H2,1-2H3,(H,22,25). The van der Waals surface area contributed by atoms with E-state index >= 15 is 0 Å². The molecule has 134 valence electrons. The molecule has 0 bridgehead atoms. The Hall–Kier alpha value is -2.21. The highest BCUT2D eigenvalue weighted by atomic mass is 35.5. The maximum absolute atomic E-state index is 12.2. The Morgan fingerprint density at radius 1 is 1.19 bits per heavy atom. The molecule has 2 aromatic carbocycles. The first-order valence-electron chi connectivity index (χ1n) is 8.25. The van der Waals surface area contributed by atoms with E-state index in [1.807, 2.05) is 72.8 Å². The van der Waals surface area contributed by atoms with E-state index in [1.165, 1.54) is 0 Å². The number of nitrogens with zero attached hydrogens (tertiary/aromatic N) is 2. The highest BCUT2D eigenvalue weighted by Gasteiger charge is 2.12. The van der Waals surface area contributed by atoms with Gasteiger partial charge in [0.05, 0.1) is 17.3 Å². The van der Waals surface area contributed by atoms with Gasteiger partial charge in [0.2, 0.25) is 5.91 Å². The van der Waals surface area contributed by atoms with E-state index in [9.17, 15) is 4.79 Å². The Balaban J connectivity index is 1.56. The Labute approximate surface area is 162 Å². The molecule has 1 N–H and O–H groups in total. The molecule has 3 aromatic rings. The van der Waals surface area contributed by atoms with Gasteiger partial charge in [0.15, 0.2) is 0 Å². The lowest BCUT2D eigenvalue weighted by molar-refractivity contribution is -0.117. The maximum atomic E-state index is 12.2. The number of hydrogen-bond donors (Lipinski definition) is 1. The van der Waals surface area contributed by atoms with Crippen LogP contribution in [0.3, 0.4) is 0 Å². The number of likely N-dealkylation sites (N-methyl/N-ethyl adjacent to an activating group) is 1. The highest BCUT2D eigenvalue weighted by molar-refractivity contribution is 7.13. The van der Waals surface area contributed by atoms with Crippen LogP contribution < -0.4 is 5.32 Å². The van der Waals surface area contributed by atoms with Gasteiger partial charge in [0.25, 0.3) is 0 Å². The lowest BCUT2D eigenvalue weighted by Crippen LogP contribution is -2.29. The minimum absolute atomic E-state index is 0.0436. The van der Waals surface area contributed by atoms with Crippen LogP contribution in [0.25, 0.3) is 10.6 Å². The van der Waals surface area contributed by atoms with Crippen molar-refractivity contribution < 1.29 is 4.79 Å². The number of halogens is 1. The number of aromatic nitrogens is 1. The number of benzene rings is 2. The summed E-state index contributed by atoms with van der Waals surface area (Å²) in [7, 11) is 1.91. The van der Waals surface area contributed by atoms with Crippen molar-refractivity contribution >= 4 is 34.5 Å². The van der Waals surface area contributed by atoms with Crippen molar-refractivity contribution in [2.24, 2.45) is 0 Å². The van der Waals surface area contributed by atoms with E-state index < -0.39 is 0 Å². The van der Waals surface area contributed by atoms with Gasteiger partial charge in [-0.25, -0.2) is 4.98 Å². The fourth-order valence-corrected chi connectivity index (χ4v) is 3.68. The molecule has 1 heterocycles. The Morgan fingerprint density at radius 3 is 2.65 bits per heavy atom. The summed E-state index contributed by atoms with van der Waals surface area (Å²) in [5.74, 6) is -0.0436. The van der Waals surface area contributed by atoms with Gasteiger partial charge in [0.1, 0.15) is 5.01 Å². The summed E-state index contributed by atoms with van der Waals surface area (Å²) in [6, 6.07) is 15.4. The van der Waals surface area contributed by atoms with E-state index in [4.69, 9.17) is 11.6 Å². The van der Waals surface area contributed by atoms with Crippen molar-refractivity contribution in [1.82, 2.24) is 9.88 Å².